The molecule has 1 heterocycles. The molecule has 2 rings (SSSR count). The number of hydrogen-bond donors (Lipinski definition) is 1. The van der Waals surface area contributed by atoms with Gasteiger partial charge in [-0.05, 0) is 24.6 Å². The monoisotopic (exact) mass is 194 g/mol. The third-order valence-corrected chi connectivity index (χ3v) is 2.32. The summed E-state index contributed by atoms with van der Waals surface area (Å²) in [6.07, 6.45) is 0. The smallest absolute Gasteiger partial charge is 0.322 e. The average Bonchev–Trinajstić information content (AvgIpc) is 2.56. The molecule has 2 amide bonds. The Morgan fingerprint density at radius 1 is 1.50 bits per heavy atom. The molecule has 1 aliphatic rings. The van der Waals surface area contributed by atoms with Gasteiger partial charge in [-0.2, -0.15) is 0 Å². The molecule has 0 spiro atoms. The highest BCUT2D eigenvalue weighted by molar-refractivity contribution is 5.94. The standard InChI is InChI=1S/C10H11FN2O/c1-7-2-3-8(11)6-9(7)13-5-4-12-10(13)14/h2-3,6H,4-5H2,1H3,(H,12,14). The Balaban J connectivity index is 2.39. The van der Waals surface area contributed by atoms with Crippen LogP contribution in [-0.2, 0) is 0 Å². The first-order valence-corrected chi connectivity index (χ1v) is 4.50. The summed E-state index contributed by atoms with van der Waals surface area (Å²) in [5.74, 6) is -0.315. The molecule has 0 aliphatic carbocycles. The van der Waals surface area contributed by atoms with Gasteiger partial charge in [-0.1, -0.05) is 6.07 Å². The van der Waals surface area contributed by atoms with Gasteiger partial charge in [0.25, 0.3) is 0 Å². The number of hydrogen-bond acceptors (Lipinski definition) is 1. The second-order valence-electron chi connectivity index (χ2n) is 3.31. The van der Waals surface area contributed by atoms with Crippen LogP contribution in [0.4, 0.5) is 14.9 Å². The molecule has 3 nitrogen and oxygen atoms in total. The molecule has 74 valence electrons. The van der Waals surface area contributed by atoms with Crippen molar-refractivity contribution in [1.29, 1.82) is 0 Å². The highest BCUT2D eigenvalue weighted by Crippen LogP contribution is 2.22. The Morgan fingerprint density at radius 2 is 2.29 bits per heavy atom. The summed E-state index contributed by atoms with van der Waals surface area (Å²) in [6.45, 7) is 3.08. The van der Waals surface area contributed by atoms with Crippen LogP contribution in [0.3, 0.4) is 0 Å². The van der Waals surface area contributed by atoms with E-state index in [4.69, 9.17) is 0 Å². The maximum Gasteiger partial charge on any atom is 0.322 e. The van der Waals surface area contributed by atoms with Crippen molar-refractivity contribution in [3.8, 4) is 0 Å². The molecule has 4 heteroatoms. The van der Waals surface area contributed by atoms with Gasteiger partial charge in [0.05, 0.1) is 5.69 Å². The zero-order chi connectivity index (χ0) is 10.1. The fraction of sp³-hybridized carbons (Fsp3) is 0.300. The predicted molar refractivity (Wildman–Crippen MR) is 51.9 cm³/mol. The lowest BCUT2D eigenvalue weighted by Gasteiger charge is -2.16. The lowest BCUT2D eigenvalue weighted by molar-refractivity contribution is 0.252. The molecule has 0 radical (unpaired) electrons. The van der Waals surface area contributed by atoms with E-state index in [0.717, 1.165) is 5.56 Å². The van der Waals surface area contributed by atoms with Crippen LogP contribution in [0.2, 0.25) is 0 Å². The highest BCUT2D eigenvalue weighted by atomic mass is 19.1. The van der Waals surface area contributed by atoms with Crippen molar-refractivity contribution in [2.45, 2.75) is 6.92 Å². The second-order valence-corrected chi connectivity index (χ2v) is 3.31. The van der Waals surface area contributed by atoms with Crippen molar-refractivity contribution < 1.29 is 9.18 Å². The largest absolute Gasteiger partial charge is 0.336 e. The Bertz CT molecular complexity index is 378. The molecule has 0 unspecified atom stereocenters. The van der Waals surface area contributed by atoms with E-state index in [0.29, 0.717) is 18.8 Å². The van der Waals surface area contributed by atoms with Crippen LogP contribution in [0.25, 0.3) is 0 Å². The quantitative estimate of drug-likeness (QED) is 0.724. The number of nitrogens with one attached hydrogen (secondary N) is 1. The van der Waals surface area contributed by atoms with Crippen LogP contribution in [0.5, 0.6) is 0 Å². The summed E-state index contributed by atoms with van der Waals surface area (Å²) >= 11 is 0. The predicted octanol–water partition coefficient (Wildman–Crippen LogP) is 1.66. The zero-order valence-electron chi connectivity index (χ0n) is 7.88. The molecule has 1 aliphatic heterocycles. The third kappa shape index (κ3) is 1.43. The van der Waals surface area contributed by atoms with Crippen molar-refractivity contribution in [1.82, 2.24) is 5.32 Å². The summed E-state index contributed by atoms with van der Waals surface area (Å²) in [6, 6.07) is 4.31. The van der Waals surface area contributed by atoms with E-state index in [1.807, 2.05) is 6.92 Å². The first-order chi connectivity index (χ1) is 6.68. The van der Waals surface area contributed by atoms with Crippen LogP contribution >= 0.6 is 0 Å². The third-order valence-electron chi connectivity index (χ3n) is 2.32. The van der Waals surface area contributed by atoms with Crippen LogP contribution in [0.15, 0.2) is 18.2 Å². The Labute approximate surface area is 81.5 Å². The number of rotatable bonds is 1. The normalized spacial score (nSPS) is 15.9. The molecule has 1 aromatic carbocycles. The van der Waals surface area contributed by atoms with Crippen LogP contribution in [-0.4, -0.2) is 19.1 Å². The molecule has 14 heavy (non-hydrogen) atoms. The molecule has 1 N–H and O–H groups in total. The maximum absolute atomic E-state index is 13.0. The van der Waals surface area contributed by atoms with Gasteiger partial charge in [0, 0.05) is 13.1 Å². The van der Waals surface area contributed by atoms with E-state index in [-0.39, 0.29) is 11.8 Å². The van der Waals surface area contributed by atoms with Gasteiger partial charge in [-0.3, -0.25) is 4.90 Å². The summed E-state index contributed by atoms with van der Waals surface area (Å²) < 4.78 is 13.0. The van der Waals surface area contributed by atoms with Crippen molar-refractivity contribution in [3.63, 3.8) is 0 Å². The Kier molecular flexibility index (Phi) is 2.11. The van der Waals surface area contributed by atoms with Gasteiger partial charge in [0.15, 0.2) is 0 Å². The van der Waals surface area contributed by atoms with E-state index in [9.17, 15) is 9.18 Å². The van der Waals surface area contributed by atoms with Crippen molar-refractivity contribution in [2.24, 2.45) is 0 Å². The summed E-state index contributed by atoms with van der Waals surface area (Å²) in [5, 5.41) is 2.68. The average molecular weight is 194 g/mol. The van der Waals surface area contributed by atoms with Gasteiger partial charge in [0.2, 0.25) is 0 Å². The van der Waals surface area contributed by atoms with Gasteiger partial charge >= 0.3 is 6.03 Å². The molecular weight excluding hydrogens is 183 g/mol. The number of halogens is 1. The fourth-order valence-corrected chi connectivity index (χ4v) is 1.57. The van der Waals surface area contributed by atoms with Gasteiger partial charge in [0.1, 0.15) is 5.82 Å². The molecule has 0 saturated carbocycles. The summed E-state index contributed by atoms with van der Waals surface area (Å²) in [7, 11) is 0. The number of urea groups is 1. The first-order valence-electron chi connectivity index (χ1n) is 4.50. The van der Waals surface area contributed by atoms with E-state index in [1.54, 1.807) is 11.0 Å². The van der Waals surface area contributed by atoms with E-state index >= 15 is 0 Å². The van der Waals surface area contributed by atoms with Gasteiger partial charge in [-0.15, -0.1) is 0 Å². The lowest BCUT2D eigenvalue weighted by Crippen LogP contribution is -2.28. The first kappa shape index (κ1) is 8.99. The summed E-state index contributed by atoms with van der Waals surface area (Å²) in [5.41, 5.74) is 1.56. The van der Waals surface area contributed by atoms with E-state index in [1.165, 1.54) is 12.1 Å². The van der Waals surface area contributed by atoms with Crippen LogP contribution in [0, 0.1) is 12.7 Å². The summed E-state index contributed by atoms with van der Waals surface area (Å²) in [4.78, 5) is 12.9. The topological polar surface area (TPSA) is 32.3 Å². The van der Waals surface area contributed by atoms with Crippen molar-refractivity contribution in [2.75, 3.05) is 18.0 Å². The van der Waals surface area contributed by atoms with Crippen molar-refractivity contribution in [3.05, 3.63) is 29.6 Å². The highest BCUT2D eigenvalue weighted by Gasteiger charge is 2.22. The molecule has 1 fully saturated rings. The molecule has 0 bridgehead atoms. The van der Waals surface area contributed by atoms with Gasteiger partial charge in [-0.25, -0.2) is 9.18 Å². The number of aryl methyl sites for hydroxylation is 1. The minimum atomic E-state index is -0.315. The number of benzene rings is 1. The van der Waals surface area contributed by atoms with E-state index < -0.39 is 0 Å². The number of amides is 2. The minimum Gasteiger partial charge on any atom is -0.336 e. The molecule has 1 saturated heterocycles. The number of carbonyl (C=O) groups excluding carboxylic acids is 1. The SMILES string of the molecule is Cc1ccc(F)cc1N1CCNC1=O. The van der Waals surface area contributed by atoms with Crippen molar-refractivity contribution >= 4 is 11.7 Å². The van der Waals surface area contributed by atoms with Crippen LogP contribution in [0.1, 0.15) is 5.56 Å². The maximum atomic E-state index is 13.0. The number of anilines is 1. The molecule has 0 aromatic heterocycles. The molecule has 1 aromatic rings. The Hall–Kier alpha value is -1.58. The molecule has 0 atom stereocenters. The molecular formula is C10H11FN2O. The fourth-order valence-electron chi connectivity index (χ4n) is 1.57. The second kappa shape index (κ2) is 3.29. The zero-order valence-corrected chi connectivity index (χ0v) is 7.88. The number of nitrogens with zero attached hydrogens (tertiary/aromatic N) is 1. The van der Waals surface area contributed by atoms with Gasteiger partial charge < -0.3 is 5.32 Å². The minimum absolute atomic E-state index is 0.154. The lowest BCUT2D eigenvalue weighted by atomic mass is 10.2. The Morgan fingerprint density at radius 3 is 2.93 bits per heavy atom. The number of carbonyl (C=O) groups is 1. The van der Waals surface area contributed by atoms with Crippen LogP contribution < -0.4 is 10.2 Å². The van der Waals surface area contributed by atoms with E-state index in [2.05, 4.69) is 5.32 Å².